The zero-order valence-electron chi connectivity index (χ0n) is 17.8. The largest absolute Gasteiger partial charge is 0.341 e. The highest BCUT2D eigenvalue weighted by molar-refractivity contribution is 5.79. The second-order valence-corrected chi connectivity index (χ2v) is 7.91. The lowest BCUT2D eigenvalue weighted by molar-refractivity contribution is 0.397. The number of likely N-dealkylation sites (N-methyl/N-ethyl adjacent to an activating group) is 1. The molecule has 152 valence electrons. The van der Waals surface area contributed by atoms with Crippen LogP contribution in [-0.4, -0.2) is 50.7 Å². The van der Waals surface area contributed by atoms with E-state index in [4.69, 9.17) is 15.1 Å². The topological polar surface area (TPSA) is 71.2 Å². The van der Waals surface area contributed by atoms with Crippen molar-refractivity contribution in [2.24, 2.45) is 0 Å². The number of aryl methyl sites for hydroxylation is 2. The third-order valence-corrected chi connectivity index (χ3v) is 5.88. The predicted octanol–water partition coefficient (Wildman–Crippen LogP) is 3.16. The second kappa shape index (κ2) is 7.91. The Morgan fingerprint density at radius 2 is 2.03 bits per heavy atom. The Bertz CT molecular complexity index is 1050. The van der Waals surface area contributed by atoms with Crippen LogP contribution < -0.4 is 10.2 Å². The number of hydrogen-bond acceptors (Lipinski definition) is 6. The van der Waals surface area contributed by atoms with Gasteiger partial charge in [0, 0.05) is 36.5 Å². The summed E-state index contributed by atoms with van der Waals surface area (Å²) in [5.41, 5.74) is 5.72. The van der Waals surface area contributed by atoms with Gasteiger partial charge in [-0.25, -0.2) is 19.5 Å². The summed E-state index contributed by atoms with van der Waals surface area (Å²) < 4.78 is 1.88. The third-order valence-electron chi connectivity index (χ3n) is 5.88. The molecule has 0 spiro atoms. The van der Waals surface area contributed by atoms with Crippen molar-refractivity contribution in [2.45, 2.75) is 52.1 Å². The number of aromatic nitrogens is 5. The van der Waals surface area contributed by atoms with Crippen LogP contribution in [0, 0.1) is 13.8 Å². The standard InChI is InChI=1S/C22H29N7/c1-14(23-4)11-18(20-9-10-21-24-12-15(2)29(21)27-20)19-13-25-22(26-16(19)3)28(5)17-7-6-8-17/h9-14,17,23H,6-8H2,1-5H3/b18-11+/t14-/m1/s1. The van der Waals surface area contributed by atoms with Gasteiger partial charge in [-0.15, -0.1) is 0 Å². The van der Waals surface area contributed by atoms with E-state index in [-0.39, 0.29) is 6.04 Å². The van der Waals surface area contributed by atoms with E-state index >= 15 is 0 Å². The van der Waals surface area contributed by atoms with Gasteiger partial charge in [0.05, 0.1) is 23.3 Å². The third kappa shape index (κ3) is 3.74. The molecule has 1 aliphatic carbocycles. The predicted molar refractivity (Wildman–Crippen MR) is 116 cm³/mol. The maximum Gasteiger partial charge on any atom is 0.225 e. The highest BCUT2D eigenvalue weighted by atomic mass is 15.3. The molecular weight excluding hydrogens is 362 g/mol. The molecule has 0 aliphatic heterocycles. The normalized spacial score (nSPS) is 16.1. The summed E-state index contributed by atoms with van der Waals surface area (Å²) in [5, 5.41) is 8.13. The molecule has 1 saturated carbocycles. The van der Waals surface area contributed by atoms with E-state index < -0.39 is 0 Å². The summed E-state index contributed by atoms with van der Waals surface area (Å²) in [6, 6.07) is 4.77. The Balaban J connectivity index is 1.77. The van der Waals surface area contributed by atoms with Crippen LogP contribution in [0.3, 0.4) is 0 Å². The number of anilines is 1. The molecule has 1 fully saturated rings. The van der Waals surface area contributed by atoms with E-state index in [0.717, 1.165) is 39.8 Å². The second-order valence-electron chi connectivity index (χ2n) is 7.91. The van der Waals surface area contributed by atoms with Gasteiger partial charge in [-0.3, -0.25) is 0 Å². The first-order chi connectivity index (χ1) is 14.0. The van der Waals surface area contributed by atoms with Crippen molar-refractivity contribution < 1.29 is 0 Å². The summed E-state index contributed by atoms with van der Waals surface area (Å²) in [5.74, 6) is 0.797. The van der Waals surface area contributed by atoms with Gasteiger partial charge in [-0.2, -0.15) is 5.10 Å². The van der Waals surface area contributed by atoms with Crippen molar-refractivity contribution in [2.75, 3.05) is 19.0 Å². The Morgan fingerprint density at radius 3 is 2.69 bits per heavy atom. The quantitative estimate of drug-likeness (QED) is 0.696. The first-order valence-corrected chi connectivity index (χ1v) is 10.3. The average molecular weight is 392 g/mol. The molecule has 1 aliphatic rings. The highest BCUT2D eigenvalue weighted by Crippen LogP contribution is 2.29. The lowest BCUT2D eigenvalue weighted by atomic mass is 9.92. The van der Waals surface area contributed by atoms with Crippen LogP contribution in [0.2, 0.25) is 0 Å². The minimum atomic E-state index is 0.183. The average Bonchev–Trinajstić information content (AvgIpc) is 3.05. The van der Waals surface area contributed by atoms with Crippen LogP contribution >= 0.6 is 0 Å². The fourth-order valence-corrected chi connectivity index (χ4v) is 3.60. The highest BCUT2D eigenvalue weighted by Gasteiger charge is 2.24. The Kier molecular flexibility index (Phi) is 5.32. The molecule has 3 aromatic heterocycles. The van der Waals surface area contributed by atoms with Crippen molar-refractivity contribution in [3.05, 3.63) is 53.2 Å². The SMILES string of the molecule is CN[C@H](C)/C=C(/c1ccc2ncc(C)n2n1)c1cnc(N(C)C2CCC2)nc1C. The van der Waals surface area contributed by atoms with E-state index in [0.29, 0.717) is 6.04 Å². The van der Waals surface area contributed by atoms with Gasteiger partial charge in [0.2, 0.25) is 5.95 Å². The number of imidazole rings is 1. The van der Waals surface area contributed by atoms with Crippen molar-refractivity contribution in [1.82, 2.24) is 29.9 Å². The van der Waals surface area contributed by atoms with E-state index in [9.17, 15) is 0 Å². The Hall–Kier alpha value is -2.80. The summed E-state index contributed by atoms with van der Waals surface area (Å²) >= 11 is 0. The van der Waals surface area contributed by atoms with E-state index in [1.165, 1.54) is 19.3 Å². The fraction of sp³-hybridized carbons (Fsp3) is 0.455. The molecule has 0 radical (unpaired) electrons. The molecule has 29 heavy (non-hydrogen) atoms. The van der Waals surface area contributed by atoms with Gasteiger partial charge in [-0.1, -0.05) is 6.08 Å². The lowest BCUT2D eigenvalue weighted by Gasteiger charge is -2.34. The van der Waals surface area contributed by atoms with Crippen LogP contribution in [0.1, 0.15) is 48.8 Å². The van der Waals surface area contributed by atoms with Gasteiger partial charge < -0.3 is 10.2 Å². The lowest BCUT2D eigenvalue weighted by Crippen LogP contribution is -2.38. The molecule has 3 heterocycles. The van der Waals surface area contributed by atoms with Crippen LogP contribution in [0.15, 0.2) is 30.6 Å². The number of hydrogen-bond donors (Lipinski definition) is 1. The molecule has 7 nitrogen and oxygen atoms in total. The molecule has 7 heteroatoms. The number of nitrogens with one attached hydrogen (secondary N) is 1. The molecule has 1 atom stereocenters. The molecule has 0 saturated heterocycles. The van der Waals surface area contributed by atoms with Gasteiger partial charge in [0.15, 0.2) is 5.65 Å². The van der Waals surface area contributed by atoms with Gasteiger partial charge in [-0.05, 0) is 59.2 Å². The van der Waals surface area contributed by atoms with Gasteiger partial charge >= 0.3 is 0 Å². The summed E-state index contributed by atoms with van der Waals surface area (Å²) in [7, 11) is 4.05. The summed E-state index contributed by atoms with van der Waals surface area (Å²) in [6.07, 6.45) is 9.70. The minimum absolute atomic E-state index is 0.183. The Morgan fingerprint density at radius 1 is 1.24 bits per heavy atom. The maximum absolute atomic E-state index is 4.84. The molecule has 4 rings (SSSR count). The van der Waals surface area contributed by atoms with Crippen molar-refractivity contribution >= 4 is 17.2 Å². The number of rotatable bonds is 6. The van der Waals surface area contributed by atoms with E-state index in [1.807, 2.05) is 49.9 Å². The van der Waals surface area contributed by atoms with Crippen LogP contribution in [-0.2, 0) is 0 Å². The van der Waals surface area contributed by atoms with Crippen molar-refractivity contribution in [3.63, 3.8) is 0 Å². The fourth-order valence-electron chi connectivity index (χ4n) is 3.60. The van der Waals surface area contributed by atoms with Crippen LogP contribution in [0.4, 0.5) is 5.95 Å². The smallest absolute Gasteiger partial charge is 0.225 e. The summed E-state index contributed by atoms with van der Waals surface area (Å²) in [6.45, 7) is 6.18. The molecular formula is C22H29N7. The first kappa shape index (κ1) is 19.5. The molecule has 0 amide bonds. The van der Waals surface area contributed by atoms with Gasteiger partial charge in [0.25, 0.3) is 0 Å². The van der Waals surface area contributed by atoms with Crippen molar-refractivity contribution in [3.8, 4) is 0 Å². The molecule has 0 bridgehead atoms. The number of fused-ring (bicyclic) bond motifs is 1. The minimum Gasteiger partial charge on any atom is -0.341 e. The maximum atomic E-state index is 4.84. The zero-order valence-corrected chi connectivity index (χ0v) is 17.8. The molecule has 0 aromatic carbocycles. The Labute approximate surface area is 171 Å². The molecule has 3 aromatic rings. The molecule has 0 unspecified atom stereocenters. The van der Waals surface area contributed by atoms with Crippen molar-refractivity contribution in [1.29, 1.82) is 0 Å². The van der Waals surface area contributed by atoms with E-state index in [2.05, 4.69) is 35.2 Å². The zero-order chi connectivity index (χ0) is 20.5. The van der Waals surface area contributed by atoms with E-state index in [1.54, 1.807) is 0 Å². The monoisotopic (exact) mass is 391 g/mol. The van der Waals surface area contributed by atoms with Crippen LogP contribution in [0.5, 0.6) is 0 Å². The first-order valence-electron chi connectivity index (χ1n) is 10.3. The number of nitrogens with zero attached hydrogens (tertiary/aromatic N) is 6. The molecule has 1 N–H and O–H groups in total. The van der Waals surface area contributed by atoms with Gasteiger partial charge in [0.1, 0.15) is 0 Å². The summed E-state index contributed by atoms with van der Waals surface area (Å²) in [4.78, 5) is 16.1. The van der Waals surface area contributed by atoms with Crippen LogP contribution in [0.25, 0.3) is 11.2 Å².